The summed E-state index contributed by atoms with van der Waals surface area (Å²) >= 11 is 6.05. The third kappa shape index (κ3) is 3.20. The Labute approximate surface area is 133 Å². The largest absolute Gasteiger partial charge is 0.479 e. The van der Waals surface area contributed by atoms with Crippen molar-refractivity contribution in [1.29, 1.82) is 0 Å². The van der Waals surface area contributed by atoms with Gasteiger partial charge in [-0.2, -0.15) is 0 Å². The summed E-state index contributed by atoms with van der Waals surface area (Å²) in [7, 11) is 1.57. The number of methoxy groups -OCH3 is 1. The van der Waals surface area contributed by atoms with E-state index in [1.165, 1.54) is 6.33 Å². The second kappa shape index (κ2) is 6.49. The van der Waals surface area contributed by atoms with Crippen LogP contribution in [0.5, 0.6) is 5.88 Å². The molecule has 0 saturated heterocycles. The first-order valence-corrected chi connectivity index (χ1v) is 7.04. The van der Waals surface area contributed by atoms with Crippen molar-refractivity contribution in [2.24, 2.45) is 0 Å². The lowest BCUT2D eigenvalue weighted by molar-refractivity contribution is 0.397. The van der Waals surface area contributed by atoms with Crippen molar-refractivity contribution in [3.05, 3.63) is 65.5 Å². The molecule has 0 aliphatic rings. The quantitative estimate of drug-likeness (QED) is 0.740. The first-order chi connectivity index (χ1) is 10.8. The van der Waals surface area contributed by atoms with E-state index in [1.54, 1.807) is 25.7 Å². The molecule has 110 valence electrons. The van der Waals surface area contributed by atoms with Gasteiger partial charge in [-0.1, -0.05) is 23.7 Å². The number of hydrogen-bond acceptors (Lipinski definition) is 5. The van der Waals surface area contributed by atoms with Gasteiger partial charge in [0.15, 0.2) is 0 Å². The summed E-state index contributed by atoms with van der Waals surface area (Å²) in [4.78, 5) is 17.0. The van der Waals surface area contributed by atoms with Crippen LogP contribution >= 0.6 is 11.6 Å². The number of benzene rings is 1. The van der Waals surface area contributed by atoms with Crippen molar-refractivity contribution in [3.63, 3.8) is 0 Å². The maximum absolute atomic E-state index is 6.05. The van der Waals surface area contributed by atoms with Crippen LogP contribution in [0.2, 0.25) is 5.02 Å². The van der Waals surface area contributed by atoms with Crippen LogP contribution in [-0.2, 0) is 6.42 Å². The van der Waals surface area contributed by atoms with Crippen LogP contribution in [0.1, 0.15) is 11.3 Å². The molecule has 0 radical (unpaired) electrons. The van der Waals surface area contributed by atoms with E-state index >= 15 is 0 Å². The Balaban J connectivity index is 1.99. The van der Waals surface area contributed by atoms with Crippen molar-refractivity contribution >= 4 is 11.6 Å². The van der Waals surface area contributed by atoms with Gasteiger partial charge in [-0.3, -0.25) is 0 Å². The maximum Gasteiger partial charge on any atom is 0.240 e. The van der Waals surface area contributed by atoms with Gasteiger partial charge in [0.05, 0.1) is 19.0 Å². The zero-order valence-corrected chi connectivity index (χ0v) is 12.7. The van der Waals surface area contributed by atoms with Gasteiger partial charge >= 0.3 is 0 Å². The Morgan fingerprint density at radius 2 is 1.95 bits per heavy atom. The molecule has 0 aliphatic carbocycles. The minimum absolute atomic E-state index is 0.468. The molecule has 1 aromatic carbocycles. The second-order valence-electron chi connectivity index (χ2n) is 4.65. The molecule has 0 atom stereocenters. The minimum atomic E-state index is 0.468. The molecule has 3 aromatic rings. The summed E-state index contributed by atoms with van der Waals surface area (Å²) in [5.74, 6) is 0.468. The van der Waals surface area contributed by atoms with Gasteiger partial charge in [0, 0.05) is 29.4 Å². The van der Waals surface area contributed by atoms with Crippen LogP contribution in [0.3, 0.4) is 0 Å². The lowest BCUT2D eigenvalue weighted by Gasteiger charge is -2.09. The van der Waals surface area contributed by atoms with Gasteiger partial charge in [-0.05, 0) is 17.7 Å². The Bertz CT molecular complexity index is 780. The first kappa shape index (κ1) is 14.4. The van der Waals surface area contributed by atoms with E-state index in [0.29, 0.717) is 23.0 Å². The van der Waals surface area contributed by atoms with Crippen LogP contribution in [0.4, 0.5) is 0 Å². The molecule has 0 spiro atoms. The van der Waals surface area contributed by atoms with Gasteiger partial charge in [0.1, 0.15) is 12.0 Å². The van der Waals surface area contributed by atoms with Crippen molar-refractivity contribution in [3.8, 4) is 17.1 Å². The average molecular weight is 313 g/mol. The van der Waals surface area contributed by atoms with Gasteiger partial charge in [-0.15, -0.1) is 0 Å². The lowest BCUT2D eigenvalue weighted by Crippen LogP contribution is -2.00. The van der Waals surface area contributed by atoms with Crippen molar-refractivity contribution in [2.45, 2.75) is 6.42 Å². The van der Waals surface area contributed by atoms with E-state index in [4.69, 9.17) is 16.3 Å². The van der Waals surface area contributed by atoms with E-state index in [1.807, 2.05) is 24.3 Å². The topological polar surface area (TPSA) is 60.8 Å². The molecule has 6 heteroatoms. The first-order valence-electron chi connectivity index (χ1n) is 6.66. The number of aromatic nitrogens is 4. The maximum atomic E-state index is 6.05. The van der Waals surface area contributed by atoms with Crippen LogP contribution in [-0.4, -0.2) is 27.0 Å². The summed E-state index contributed by atoms with van der Waals surface area (Å²) in [6, 6.07) is 7.45. The van der Waals surface area contributed by atoms with E-state index in [2.05, 4.69) is 19.9 Å². The molecular weight excluding hydrogens is 300 g/mol. The number of rotatable bonds is 4. The van der Waals surface area contributed by atoms with E-state index < -0.39 is 0 Å². The second-order valence-corrected chi connectivity index (χ2v) is 5.09. The third-order valence-electron chi connectivity index (χ3n) is 3.08. The Kier molecular flexibility index (Phi) is 4.25. The zero-order chi connectivity index (χ0) is 15.4. The van der Waals surface area contributed by atoms with Crippen molar-refractivity contribution < 1.29 is 4.74 Å². The molecule has 2 heterocycles. The van der Waals surface area contributed by atoms with E-state index in [-0.39, 0.29) is 0 Å². The SMILES string of the molecule is COc1ncc(Cc2cncnc2)nc1-c1cccc(Cl)c1. The van der Waals surface area contributed by atoms with Crippen molar-refractivity contribution in [1.82, 2.24) is 19.9 Å². The fourth-order valence-electron chi connectivity index (χ4n) is 2.10. The summed E-state index contributed by atoms with van der Waals surface area (Å²) in [6.45, 7) is 0. The highest BCUT2D eigenvalue weighted by Crippen LogP contribution is 2.28. The normalized spacial score (nSPS) is 10.5. The predicted molar refractivity (Wildman–Crippen MR) is 83.9 cm³/mol. The molecule has 0 saturated carbocycles. The monoisotopic (exact) mass is 312 g/mol. The Morgan fingerprint density at radius 3 is 2.68 bits per heavy atom. The van der Waals surface area contributed by atoms with Gasteiger partial charge < -0.3 is 4.74 Å². The Morgan fingerprint density at radius 1 is 1.14 bits per heavy atom. The molecule has 22 heavy (non-hydrogen) atoms. The number of hydrogen-bond donors (Lipinski definition) is 0. The molecular formula is C16H13ClN4O. The molecule has 0 amide bonds. The molecule has 0 fully saturated rings. The molecule has 5 nitrogen and oxygen atoms in total. The van der Waals surface area contributed by atoms with E-state index in [0.717, 1.165) is 16.8 Å². The summed E-state index contributed by atoms with van der Waals surface area (Å²) in [6.07, 6.45) is 7.32. The molecule has 0 aliphatic heterocycles. The third-order valence-corrected chi connectivity index (χ3v) is 3.31. The molecule has 3 rings (SSSR count). The standard InChI is InChI=1S/C16H13ClN4O/c1-22-16-15(12-3-2-4-13(17)6-12)21-14(9-20-16)5-11-7-18-10-19-8-11/h2-4,6-10H,5H2,1H3. The molecule has 0 unspecified atom stereocenters. The average Bonchev–Trinajstić information content (AvgIpc) is 2.56. The summed E-state index contributed by atoms with van der Waals surface area (Å²) in [5, 5.41) is 0.642. The number of halogens is 1. The van der Waals surface area contributed by atoms with Crippen LogP contribution in [0.25, 0.3) is 11.3 Å². The molecule has 0 bridgehead atoms. The lowest BCUT2D eigenvalue weighted by atomic mass is 10.1. The fraction of sp³-hybridized carbons (Fsp3) is 0.125. The summed E-state index contributed by atoms with van der Waals surface area (Å²) in [5.41, 5.74) is 3.31. The fourth-order valence-corrected chi connectivity index (χ4v) is 2.29. The highest BCUT2D eigenvalue weighted by Gasteiger charge is 2.11. The number of nitrogens with zero attached hydrogens (tertiary/aromatic N) is 4. The highest BCUT2D eigenvalue weighted by atomic mass is 35.5. The van der Waals surface area contributed by atoms with Gasteiger partial charge in [0.25, 0.3) is 0 Å². The molecule has 2 aromatic heterocycles. The number of ether oxygens (including phenoxy) is 1. The van der Waals surface area contributed by atoms with E-state index in [9.17, 15) is 0 Å². The van der Waals surface area contributed by atoms with Crippen LogP contribution in [0.15, 0.2) is 49.2 Å². The Hall–Kier alpha value is -2.53. The smallest absolute Gasteiger partial charge is 0.240 e. The van der Waals surface area contributed by atoms with Gasteiger partial charge in [-0.25, -0.2) is 19.9 Å². The van der Waals surface area contributed by atoms with Gasteiger partial charge in [0.2, 0.25) is 5.88 Å². The highest BCUT2D eigenvalue weighted by molar-refractivity contribution is 6.30. The zero-order valence-electron chi connectivity index (χ0n) is 11.9. The summed E-state index contributed by atoms with van der Waals surface area (Å²) < 4.78 is 5.30. The van der Waals surface area contributed by atoms with Crippen LogP contribution in [0, 0.1) is 0 Å². The van der Waals surface area contributed by atoms with Crippen molar-refractivity contribution in [2.75, 3.05) is 7.11 Å². The van der Waals surface area contributed by atoms with Crippen LogP contribution < -0.4 is 4.74 Å². The molecule has 0 N–H and O–H groups in total. The predicted octanol–water partition coefficient (Wildman–Crippen LogP) is 3.19. The minimum Gasteiger partial charge on any atom is -0.479 e.